The second-order valence-electron chi connectivity index (χ2n) is 3.08. The van der Waals surface area contributed by atoms with Gasteiger partial charge in [0.1, 0.15) is 0 Å². The maximum atomic E-state index is 11.1. The molecule has 0 spiro atoms. The number of cyclic esters (lactones) is 1. The molecule has 1 heterocycles. The molecule has 0 bridgehead atoms. The van der Waals surface area contributed by atoms with E-state index >= 15 is 0 Å². The fourth-order valence-corrected chi connectivity index (χ4v) is 1.58. The smallest absolute Gasteiger partial charge is 0.356 e. The third kappa shape index (κ3) is 1.22. The summed E-state index contributed by atoms with van der Waals surface area (Å²) < 4.78 is 5.00. The molecule has 0 unspecified atom stereocenters. The Morgan fingerprint density at radius 3 is 2.31 bits per heavy atom. The molecular weight excluding hydrogens is 188 g/mol. The maximum absolute atomic E-state index is 11.1. The summed E-state index contributed by atoms with van der Waals surface area (Å²) in [7, 11) is 0. The molecule has 3 heteroatoms. The Kier molecular flexibility index (Phi) is 1.81. The van der Waals surface area contributed by atoms with E-state index in [2.05, 4.69) is 0 Å². The van der Waals surface area contributed by atoms with Crippen LogP contribution in [-0.2, 0) is 15.1 Å². The van der Waals surface area contributed by atoms with Gasteiger partial charge in [-0.25, -0.2) is 4.79 Å². The summed E-state index contributed by atoms with van der Waals surface area (Å²) in [4.78, 5) is 11.1. The highest BCUT2D eigenvalue weighted by Gasteiger charge is 2.57. The van der Waals surface area contributed by atoms with Gasteiger partial charge in [-0.05, 0) is 18.6 Å². The first-order chi connectivity index (χ1) is 6.19. The average Bonchev–Trinajstić information content (AvgIpc) is 2.79. The van der Waals surface area contributed by atoms with Gasteiger partial charge in [0.15, 0.2) is 0 Å². The molecule has 13 heavy (non-hydrogen) atoms. The Bertz CT molecular complexity index is 344. The van der Waals surface area contributed by atoms with Crippen LogP contribution in [0.2, 0.25) is 5.02 Å². The topological polar surface area (TPSA) is 29.6 Å². The summed E-state index contributed by atoms with van der Waals surface area (Å²) >= 11 is 5.74. The summed E-state index contributed by atoms with van der Waals surface area (Å²) in [5, 5.41) is 0.670. The quantitative estimate of drug-likeness (QED) is 0.681. The summed E-state index contributed by atoms with van der Waals surface area (Å²) in [6.45, 7) is 1.93. The molecule has 1 aliphatic heterocycles. The SMILES string of the molecule is CC[C@@]1(c2ccc(Cl)cc2)OC1=O. The van der Waals surface area contributed by atoms with Crippen LogP contribution in [0.5, 0.6) is 0 Å². The number of hydrogen-bond donors (Lipinski definition) is 0. The van der Waals surface area contributed by atoms with Gasteiger partial charge in [-0.15, -0.1) is 0 Å². The molecule has 1 saturated heterocycles. The van der Waals surface area contributed by atoms with E-state index in [1.807, 2.05) is 19.1 Å². The van der Waals surface area contributed by atoms with Crippen LogP contribution in [0.25, 0.3) is 0 Å². The molecule has 2 nitrogen and oxygen atoms in total. The molecular formula is C10H9ClO2. The van der Waals surface area contributed by atoms with Crippen molar-refractivity contribution in [3.63, 3.8) is 0 Å². The highest BCUT2D eigenvalue weighted by Crippen LogP contribution is 2.43. The fourth-order valence-electron chi connectivity index (χ4n) is 1.45. The highest BCUT2D eigenvalue weighted by atomic mass is 35.5. The van der Waals surface area contributed by atoms with Gasteiger partial charge >= 0.3 is 5.97 Å². The number of carbonyl (C=O) groups excluding carboxylic acids is 1. The van der Waals surface area contributed by atoms with E-state index in [1.54, 1.807) is 12.1 Å². The first-order valence-corrected chi connectivity index (χ1v) is 4.56. The van der Waals surface area contributed by atoms with Crippen LogP contribution in [-0.4, -0.2) is 5.97 Å². The van der Waals surface area contributed by atoms with E-state index in [-0.39, 0.29) is 5.97 Å². The van der Waals surface area contributed by atoms with Crippen LogP contribution in [0.15, 0.2) is 24.3 Å². The van der Waals surface area contributed by atoms with Crippen LogP contribution < -0.4 is 0 Å². The van der Waals surface area contributed by atoms with E-state index in [0.29, 0.717) is 11.4 Å². The van der Waals surface area contributed by atoms with Crippen molar-refractivity contribution in [1.29, 1.82) is 0 Å². The normalized spacial score (nSPS) is 25.5. The average molecular weight is 197 g/mol. The van der Waals surface area contributed by atoms with E-state index in [4.69, 9.17) is 16.3 Å². The number of ether oxygens (including phenoxy) is 1. The minimum Gasteiger partial charge on any atom is -0.439 e. The molecule has 1 atom stereocenters. The van der Waals surface area contributed by atoms with Gasteiger partial charge in [0.25, 0.3) is 0 Å². The van der Waals surface area contributed by atoms with Crippen molar-refractivity contribution in [2.75, 3.05) is 0 Å². The Hall–Kier alpha value is -1.02. The fraction of sp³-hybridized carbons (Fsp3) is 0.300. The van der Waals surface area contributed by atoms with E-state index < -0.39 is 5.60 Å². The van der Waals surface area contributed by atoms with Crippen LogP contribution in [0.4, 0.5) is 0 Å². The maximum Gasteiger partial charge on any atom is 0.356 e. The molecule has 1 aromatic rings. The Labute approximate surface area is 81.5 Å². The van der Waals surface area contributed by atoms with Gasteiger partial charge in [-0.3, -0.25) is 0 Å². The van der Waals surface area contributed by atoms with Gasteiger partial charge in [-0.2, -0.15) is 0 Å². The van der Waals surface area contributed by atoms with Crippen molar-refractivity contribution in [1.82, 2.24) is 0 Å². The third-order valence-electron chi connectivity index (χ3n) is 2.36. The van der Waals surface area contributed by atoms with Crippen molar-refractivity contribution in [3.05, 3.63) is 34.9 Å². The minimum absolute atomic E-state index is 0.141. The number of hydrogen-bond acceptors (Lipinski definition) is 2. The van der Waals surface area contributed by atoms with Gasteiger partial charge < -0.3 is 4.74 Å². The lowest BCUT2D eigenvalue weighted by atomic mass is 9.97. The van der Waals surface area contributed by atoms with Gasteiger partial charge in [-0.1, -0.05) is 30.7 Å². The van der Waals surface area contributed by atoms with Crippen molar-refractivity contribution >= 4 is 17.6 Å². The highest BCUT2D eigenvalue weighted by molar-refractivity contribution is 6.30. The lowest BCUT2D eigenvalue weighted by Crippen LogP contribution is -2.08. The Morgan fingerprint density at radius 2 is 1.92 bits per heavy atom. The predicted octanol–water partition coefficient (Wildman–Crippen LogP) is 2.50. The van der Waals surface area contributed by atoms with Crippen LogP contribution >= 0.6 is 11.6 Å². The number of epoxide rings is 1. The lowest BCUT2D eigenvalue weighted by Gasteiger charge is -2.04. The number of halogens is 1. The molecule has 0 radical (unpaired) electrons. The molecule has 0 aromatic heterocycles. The number of rotatable bonds is 2. The Balaban J connectivity index is 2.36. The van der Waals surface area contributed by atoms with Crippen molar-refractivity contribution in [2.45, 2.75) is 18.9 Å². The monoisotopic (exact) mass is 196 g/mol. The first-order valence-electron chi connectivity index (χ1n) is 4.18. The lowest BCUT2D eigenvalue weighted by molar-refractivity contribution is -0.117. The summed E-state index contributed by atoms with van der Waals surface area (Å²) in [6, 6.07) is 7.19. The molecule has 1 aliphatic rings. The molecule has 0 aliphatic carbocycles. The molecule has 68 valence electrons. The summed E-state index contributed by atoms with van der Waals surface area (Å²) in [5.74, 6) is -0.141. The van der Waals surface area contributed by atoms with Crippen molar-refractivity contribution in [3.8, 4) is 0 Å². The molecule has 0 amide bonds. The number of carbonyl (C=O) groups is 1. The standard InChI is InChI=1S/C10H9ClO2/c1-2-10(9(12)13-10)7-3-5-8(11)6-4-7/h3-6H,2H2,1H3/t10-/m0/s1. The summed E-state index contributed by atoms with van der Waals surface area (Å²) in [5.41, 5.74) is 0.231. The van der Waals surface area contributed by atoms with Crippen LogP contribution in [0.3, 0.4) is 0 Å². The first kappa shape index (κ1) is 8.57. The van der Waals surface area contributed by atoms with Crippen molar-refractivity contribution < 1.29 is 9.53 Å². The van der Waals surface area contributed by atoms with Gasteiger partial charge in [0.05, 0.1) is 0 Å². The molecule has 2 rings (SSSR count). The largest absolute Gasteiger partial charge is 0.439 e. The predicted molar refractivity (Wildman–Crippen MR) is 49.5 cm³/mol. The molecule has 1 aromatic carbocycles. The van der Waals surface area contributed by atoms with Gasteiger partial charge in [0, 0.05) is 10.6 Å². The van der Waals surface area contributed by atoms with E-state index in [9.17, 15) is 4.79 Å². The van der Waals surface area contributed by atoms with E-state index in [0.717, 1.165) is 5.56 Å². The molecule has 0 N–H and O–H groups in total. The zero-order valence-electron chi connectivity index (χ0n) is 7.21. The summed E-state index contributed by atoms with van der Waals surface area (Å²) in [6.07, 6.45) is 0.674. The van der Waals surface area contributed by atoms with Crippen molar-refractivity contribution in [2.24, 2.45) is 0 Å². The van der Waals surface area contributed by atoms with E-state index in [1.165, 1.54) is 0 Å². The van der Waals surface area contributed by atoms with Crippen LogP contribution in [0.1, 0.15) is 18.9 Å². The Morgan fingerprint density at radius 1 is 1.38 bits per heavy atom. The minimum atomic E-state index is -0.662. The zero-order valence-corrected chi connectivity index (χ0v) is 7.97. The zero-order chi connectivity index (χ0) is 9.47. The third-order valence-corrected chi connectivity index (χ3v) is 2.62. The second kappa shape index (κ2) is 2.74. The molecule has 0 saturated carbocycles. The second-order valence-corrected chi connectivity index (χ2v) is 3.51. The number of benzene rings is 1. The van der Waals surface area contributed by atoms with Gasteiger partial charge in [0.2, 0.25) is 5.60 Å². The molecule has 1 fully saturated rings. The van der Waals surface area contributed by atoms with Crippen LogP contribution in [0, 0.1) is 0 Å².